The molecular weight excluding hydrogens is 793 g/mol. The van der Waals surface area contributed by atoms with Gasteiger partial charge in [-0.3, -0.25) is 0 Å². The zero-order valence-electron chi connectivity index (χ0n) is 44.6. The van der Waals surface area contributed by atoms with Gasteiger partial charge in [-0.2, -0.15) is 0 Å². The van der Waals surface area contributed by atoms with Crippen LogP contribution in [-0.2, 0) is 0 Å². The molecule has 0 spiro atoms. The van der Waals surface area contributed by atoms with Crippen LogP contribution in [0.5, 0.6) is 0 Å². The van der Waals surface area contributed by atoms with E-state index in [9.17, 15) is 0 Å². The van der Waals surface area contributed by atoms with Gasteiger partial charge >= 0.3 is 0 Å². The van der Waals surface area contributed by atoms with Crippen molar-refractivity contribution in [1.82, 2.24) is 0 Å². The molecule has 0 bridgehead atoms. The molecule has 380 valence electrons. The first-order valence-electron chi connectivity index (χ1n) is 32.9. The normalized spacial score (nSPS) is 44.4. The molecule has 0 aromatic heterocycles. The SMILES string of the molecule is C1CCCCCCCCCC2CC3C(CC2CCCCCCCC1)C1C3C2C3C4C5CCCCCCCC6CCCCCCCCCCCCCCCCC6CCCCCCCC5C4C3C12. The van der Waals surface area contributed by atoms with E-state index in [-0.39, 0.29) is 0 Å². The molecule has 0 N–H and O–H groups in total. The van der Waals surface area contributed by atoms with Crippen LogP contribution in [0.2, 0.25) is 0 Å². The number of hydrogen-bond donors (Lipinski definition) is 0. The van der Waals surface area contributed by atoms with Crippen LogP contribution >= 0.6 is 0 Å². The second-order valence-electron chi connectivity index (χ2n) is 27.2. The van der Waals surface area contributed by atoms with Crippen LogP contribution < -0.4 is 0 Å². The molecule has 0 radical (unpaired) electrons. The number of fused-ring (bicyclic) bond motifs is 18. The summed E-state index contributed by atoms with van der Waals surface area (Å²) in [6.07, 6.45) is 77.5. The van der Waals surface area contributed by atoms with Gasteiger partial charge in [0.25, 0.3) is 0 Å². The van der Waals surface area contributed by atoms with Crippen molar-refractivity contribution < 1.29 is 0 Å². The molecule has 9 rings (SSSR count). The Morgan fingerprint density at radius 1 is 0.121 bits per heavy atom. The highest BCUT2D eigenvalue weighted by atomic mass is 14.9. The summed E-state index contributed by atoms with van der Waals surface area (Å²) < 4.78 is 0. The summed E-state index contributed by atoms with van der Waals surface area (Å²) in [7, 11) is 0. The van der Waals surface area contributed by atoms with E-state index in [2.05, 4.69) is 0 Å². The molecule has 0 aromatic rings. The van der Waals surface area contributed by atoms with Gasteiger partial charge in [-0.05, 0) is 120 Å². The molecule has 0 heteroatoms. The second-order valence-corrected chi connectivity index (χ2v) is 27.2. The van der Waals surface area contributed by atoms with E-state index in [1.807, 2.05) is 0 Å². The highest BCUT2D eigenvalue weighted by molar-refractivity contribution is 5.31. The van der Waals surface area contributed by atoms with E-state index in [0.29, 0.717) is 0 Å². The predicted octanol–water partition coefficient (Wildman–Crippen LogP) is 21.5. The van der Waals surface area contributed by atoms with Crippen LogP contribution in [0.1, 0.15) is 321 Å². The average Bonchev–Trinajstić information content (AvgIpc) is 3.31. The minimum Gasteiger partial charge on any atom is -0.0533 e. The lowest BCUT2D eigenvalue weighted by atomic mass is 9.15. The molecule has 16 unspecified atom stereocenters. The van der Waals surface area contributed by atoms with Crippen molar-refractivity contribution in [2.75, 3.05) is 0 Å². The largest absolute Gasteiger partial charge is 0.0533 e. The average molecular weight is 910 g/mol. The van der Waals surface area contributed by atoms with Gasteiger partial charge in [0.05, 0.1) is 0 Å². The minimum absolute atomic E-state index is 1.05. The lowest BCUT2D eigenvalue weighted by molar-refractivity contribution is -0.424. The Balaban J connectivity index is 0.753. The lowest BCUT2D eigenvalue weighted by Gasteiger charge is -2.89. The Hall–Kier alpha value is 0. The summed E-state index contributed by atoms with van der Waals surface area (Å²) in [5.41, 5.74) is 0. The standard InChI is InChI=1S/C66H116/c1-2-4-10-14-18-22-28-38-46-54-50-58-57(49-53(54)45-37-27-21-17-13-9-3-1)61-62(58)66-64-60-56-48-40-32-24-30-36-44-52-42-34-26-20-16-12-8-6-5-7-11-15-19-25-33-41-51(52)43-35-29-23-31-39-47-55(56)59(60)63(64)65(61)66/h51-66H,1-50H2. The lowest BCUT2D eigenvalue weighted by Crippen LogP contribution is -2.85. The van der Waals surface area contributed by atoms with E-state index in [1.165, 1.54) is 213 Å². The van der Waals surface area contributed by atoms with E-state index >= 15 is 0 Å². The zero-order chi connectivity index (χ0) is 44.6. The maximum absolute atomic E-state index is 1.69. The van der Waals surface area contributed by atoms with Crippen molar-refractivity contribution in [2.24, 2.45) is 94.7 Å². The molecule has 66 heavy (non-hydrogen) atoms. The van der Waals surface area contributed by atoms with Gasteiger partial charge in [-0.15, -0.1) is 0 Å². The zero-order valence-corrected chi connectivity index (χ0v) is 44.6. The highest BCUT2D eigenvalue weighted by Crippen LogP contribution is 2.88. The molecule has 0 aromatic carbocycles. The third kappa shape index (κ3) is 13.0. The third-order valence-corrected chi connectivity index (χ3v) is 23.5. The maximum Gasteiger partial charge on any atom is -0.0312 e. The van der Waals surface area contributed by atoms with Gasteiger partial charge in [0, 0.05) is 0 Å². The third-order valence-electron chi connectivity index (χ3n) is 23.5. The first kappa shape index (κ1) is 50.9. The number of rotatable bonds is 0. The summed E-state index contributed by atoms with van der Waals surface area (Å²) in [5, 5.41) is 0. The van der Waals surface area contributed by atoms with Gasteiger partial charge in [0.15, 0.2) is 0 Å². The van der Waals surface area contributed by atoms with Crippen LogP contribution in [-0.4, -0.2) is 0 Å². The molecule has 9 aliphatic rings. The monoisotopic (exact) mass is 909 g/mol. The van der Waals surface area contributed by atoms with Crippen LogP contribution in [0.15, 0.2) is 0 Å². The van der Waals surface area contributed by atoms with Crippen LogP contribution in [0.4, 0.5) is 0 Å². The predicted molar refractivity (Wildman–Crippen MR) is 287 cm³/mol. The van der Waals surface area contributed by atoms with Gasteiger partial charge in [-0.1, -0.05) is 295 Å². The quantitative estimate of drug-likeness (QED) is 0.213. The summed E-state index contributed by atoms with van der Waals surface area (Å²) >= 11 is 0. The fourth-order valence-electron chi connectivity index (χ4n) is 20.2. The van der Waals surface area contributed by atoms with E-state index < -0.39 is 0 Å². The van der Waals surface area contributed by atoms with E-state index in [0.717, 1.165) is 35.5 Å². The smallest absolute Gasteiger partial charge is 0.0312 e. The fraction of sp³-hybridized carbons (Fsp3) is 1.00. The van der Waals surface area contributed by atoms with Crippen molar-refractivity contribution in [2.45, 2.75) is 321 Å². The van der Waals surface area contributed by atoms with Crippen molar-refractivity contribution in [1.29, 1.82) is 0 Å². The second kappa shape index (κ2) is 27.7. The summed E-state index contributed by atoms with van der Waals surface area (Å²) in [5.74, 6) is 18.8. The Morgan fingerprint density at radius 3 is 0.515 bits per heavy atom. The molecule has 0 saturated heterocycles. The summed E-state index contributed by atoms with van der Waals surface area (Å²) in [6, 6.07) is 0. The Labute approximate surface area is 413 Å². The Kier molecular flexibility index (Phi) is 21.4. The first-order valence-corrected chi connectivity index (χ1v) is 32.9. The molecule has 0 heterocycles. The Bertz CT molecular complexity index is 1200. The van der Waals surface area contributed by atoms with Crippen LogP contribution in [0.3, 0.4) is 0 Å². The highest BCUT2D eigenvalue weighted by Gasteiger charge is 2.84. The van der Waals surface area contributed by atoms with Crippen LogP contribution in [0, 0.1) is 94.7 Å². The molecule has 0 amide bonds. The Morgan fingerprint density at radius 2 is 0.288 bits per heavy atom. The van der Waals surface area contributed by atoms with Gasteiger partial charge in [0.1, 0.15) is 0 Å². The molecule has 9 saturated carbocycles. The van der Waals surface area contributed by atoms with Crippen molar-refractivity contribution in [3.63, 3.8) is 0 Å². The van der Waals surface area contributed by atoms with Crippen molar-refractivity contribution in [3.05, 3.63) is 0 Å². The summed E-state index contributed by atoms with van der Waals surface area (Å²) in [4.78, 5) is 0. The topological polar surface area (TPSA) is 0 Å². The van der Waals surface area contributed by atoms with Crippen molar-refractivity contribution >= 4 is 0 Å². The van der Waals surface area contributed by atoms with Crippen molar-refractivity contribution in [3.8, 4) is 0 Å². The van der Waals surface area contributed by atoms with Gasteiger partial charge in [0.2, 0.25) is 0 Å². The maximum atomic E-state index is 1.69. The van der Waals surface area contributed by atoms with E-state index in [1.54, 1.807) is 167 Å². The van der Waals surface area contributed by atoms with Gasteiger partial charge < -0.3 is 0 Å². The molecule has 0 aliphatic heterocycles. The first-order chi connectivity index (χ1) is 32.9. The van der Waals surface area contributed by atoms with Gasteiger partial charge in [-0.25, -0.2) is 0 Å². The molecule has 9 aliphatic carbocycles. The molecule has 16 atom stereocenters. The molecule has 0 nitrogen and oxygen atoms in total. The molecular formula is C66H116. The number of hydrogen-bond acceptors (Lipinski definition) is 0. The minimum atomic E-state index is 1.05. The molecule has 9 fully saturated rings. The fourth-order valence-corrected chi connectivity index (χ4v) is 20.2. The summed E-state index contributed by atoms with van der Waals surface area (Å²) in [6.45, 7) is 0. The van der Waals surface area contributed by atoms with E-state index in [4.69, 9.17) is 0 Å². The van der Waals surface area contributed by atoms with Crippen LogP contribution in [0.25, 0.3) is 0 Å².